The maximum Gasteiger partial charge on any atom is 0.268 e. The quantitative estimate of drug-likeness (QED) is 0.622. The van der Waals surface area contributed by atoms with Gasteiger partial charge in [-0.1, -0.05) is 6.07 Å². The molecule has 2 aliphatic rings. The van der Waals surface area contributed by atoms with Gasteiger partial charge in [0.2, 0.25) is 5.82 Å². The first-order chi connectivity index (χ1) is 15.8. The molecule has 7 nitrogen and oxygen atoms in total. The Labute approximate surface area is 188 Å². The number of ether oxygens (including phenoxy) is 2. The van der Waals surface area contributed by atoms with Crippen LogP contribution < -0.4 is 15.9 Å². The summed E-state index contributed by atoms with van der Waals surface area (Å²) in [5, 5.41) is 0.260. The van der Waals surface area contributed by atoms with Gasteiger partial charge in [0, 0.05) is 23.9 Å². The Morgan fingerprint density at radius 1 is 1.27 bits per heavy atom. The first-order valence-corrected chi connectivity index (χ1v) is 10.8. The van der Waals surface area contributed by atoms with Crippen molar-refractivity contribution in [3.8, 4) is 5.75 Å². The van der Waals surface area contributed by atoms with Gasteiger partial charge in [0.25, 0.3) is 5.91 Å². The molecule has 33 heavy (non-hydrogen) atoms. The lowest BCUT2D eigenvalue weighted by Gasteiger charge is -2.46. The standard InChI is InChI=1S/C17H19N3O3.C7H6F2O/c18-16(22)15-14-11(3-7-19-15)20-12(8-13(14)21)10-2-6-17(23-9-10)4-1-5-17;1-10-6-4-2-3-5(8)7(6)9/h3,7-8,10H,1-2,4-6,9H2,(H2,18,22)(H,20,21);2-4H,1H3. The molecule has 9 heteroatoms. The second kappa shape index (κ2) is 9.27. The van der Waals surface area contributed by atoms with Crippen LogP contribution in [0.5, 0.6) is 5.75 Å². The van der Waals surface area contributed by atoms with Crippen molar-refractivity contribution in [3.63, 3.8) is 0 Å². The number of nitrogens with two attached hydrogens (primary N) is 1. The number of aromatic nitrogens is 2. The number of H-pyrrole nitrogens is 1. The molecule has 3 aromatic rings. The molecule has 1 aliphatic heterocycles. The van der Waals surface area contributed by atoms with E-state index < -0.39 is 17.5 Å². The number of benzene rings is 1. The monoisotopic (exact) mass is 457 g/mol. The van der Waals surface area contributed by atoms with Gasteiger partial charge in [-0.05, 0) is 50.3 Å². The summed E-state index contributed by atoms with van der Waals surface area (Å²) in [5.41, 5.74) is 6.67. The van der Waals surface area contributed by atoms with E-state index in [1.165, 1.54) is 31.9 Å². The largest absolute Gasteiger partial charge is 0.494 e. The summed E-state index contributed by atoms with van der Waals surface area (Å²) in [6.07, 6.45) is 7.10. The lowest BCUT2D eigenvalue weighted by Crippen LogP contribution is -2.44. The average molecular weight is 457 g/mol. The third kappa shape index (κ3) is 4.59. The predicted molar refractivity (Wildman–Crippen MR) is 118 cm³/mol. The Morgan fingerprint density at radius 2 is 2.06 bits per heavy atom. The number of aromatic amines is 1. The molecule has 0 radical (unpaired) electrons. The number of carbonyl (C=O) groups is 1. The fourth-order valence-corrected chi connectivity index (χ4v) is 4.35. The Balaban J connectivity index is 0.000000219. The molecular formula is C24H25F2N3O4. The Morgan fingerprint density at radius 3 is 2.64 bits per heavy atom. The Kier molecular flexibility index (Phi) is 6.42. The molecule has 5 rings (SSSR count). The molecule has 2 fully saturated rings. The third-order valence-electron chi connectivity index (χ3n) is 6.38. The molecule has 1 saturated carbocycles. The maximum absolute atomic E-state index is 12.5. The van der Waals surface area contributed by atoms with Gasteiger partial charge in [0.1, 0.15) is 5.69 Å². The minimum absolute atomic E-state index is 0.0172. The van der Waals surface area contributed by atoms with Gasteiger partial charge in [-0.25, -0.2) is 4.39 Å². The van der Waals surface area contributed by atoms with Gasteiger partial charge >= 0.3 is 0 Å². The van der Waals surface area contributed by atoms with E-state index in [-0.39, 0.29) is 33.8 Å². The summed E-state index contributed by atoms with van der Waals surface area (Å²) in [4.78, 5) is 31.1. The number of pyridine rings is 2. The van der Waals surface area contributed by atoms with Crippen LogP contribution in [0.3, 0.4) is 0 Å². The highest BCUT2D eigenvalue weighted by Gasteiger charge is 2.41. The van der Waals surface area contributed by atoms with E-state index in [2.05, 4.69) is 14.7 Å². The fraction of sp³-hybridized carbons (Fsp3) is 0.375. The van der Waals surface area contributed by atoms with Crippen molar-refractivity contribution in [3.05, 3.63) is 69.8 Å². The van der Waals surface area contributed by atoms with Crippen molar-refractivity contribution in [1.29, 1.82) is 0 Å². The van der Waals surface area contributed by atoms with Gasteiger partial charge in [-0.3, -0.25) is 14.6 Å². The number of primary amides is 1. The molecule has 0 bridgehead atoms. The van der Waals surface area contributed by atoms with Crippen LogP contribution in [0.4, 0.5) is 8.78 Å². The number of carbonyl (C=O) groups excluding carboxylic acids is 1. The summed E-state index contributed by atoms with van der Waals surface area (Å²) in [6.45, 7) is 0.634. The van der Waals surface area contributed by atoms with Crippen molar-refractivity contribution in [2.24, 2.45) is 5.73 Å². The van der Waals surface area contributed by atoms with Crippen LogP contribution in [-0.2, 0) is 4.74 Å². The summed E-state index contributed by atoms with van der Waals surface area (Å²) in [6, 6.07) is 7.04. The van der Waals surface area contributed by atoms with Crippen molar-refractivity contribution in [1.82, 2.24) is 9.97 Å². The Hall–Kier alpha value is -3.33. The fourth-order valence-electron chi connectivity index (χ4n) is 4.35. The summed E-state index contributed by atoms with van der Waals surface area (Å²) in [5.74, 6) is -2.41. The van der Waals surface area contributed by atoms with Crippen molar-refractivity contribution >= 4 is 16.8 Å². The molecule has 1 unspecified atom stereocenters. The van der Waals surface area contributed by atoms with E-state index in [9.17, 15) is 18.4 Å². The van der Waals surface area contributed by atoms with Crippen LogP contribution in [0.2, 0.25) is 0 Å². The number of hydrogen-bond donors (Lipinski definition) is 2. The summed E-state index contributed by atoms with van der Waals surface area (Å²) in [7, 11) is 1.29. The lowest BCUT2D eigenvalue weighted by atomic mass is 9.73. The first-order valence-electron chi connectivity index (χ1n) is 10.8. The summed E-state index contributed by atoms with van der Waals surface area (Å²) >= 11 is 0. The third-order valence-corrected chi connectivity index (χ3v) is 6.38. The molecule has 2 aromatic heterocycles. The van der Waals surface area contributed by atoms with Crippen LogP contribution in [0.25, 0.3) is 10.9 Å². The smallest absolute Gasteiger partial charge is 0.268 e. The molecule has 1 aromatic carbocycles. The second-order valence-corrected chi connectivity index (χ2v) is 8.37. The molecule has 1 saturated heterocycles. The van der Waals surface area contributed by atoms with Crippen molar-refractivity contribution in [2.75, 3.05) is 13.7 Å². The second-order valence-electron chi connectivity index (χ2n) is 8.37. The Bertz CT molecular complexity index is 1230. The molecule has 174 valence electrons. The minimum Gasteiger partial charge on any atom is -0.494 e. The van der Waals surface area contributed by atoms with Gasteiger partial charge in [0.15, 0.2) is 17.0 Å². The molecule has 3 N–H and O–H groups in total. The lowest BCUT2D eigenvalue weighted by molar-refractivity contribution is -0.134. The molecule has 1 spiro atoms. The van der Waals surface area contributed by atoms with Gasteiger partial charge in [-0.15, -0.1) is 0 Å². The number of halogens is 2. The number of methoxy groups -OCH3 is 1. The minimum atomic E-state index is -0.940. The number of amides is 1. The van der Waals surface area contributed by atoms with Crippen LogP contribution in [-0.4, -0.2) is 35.2 Å². The van der Waals surface area contributed by atoms with Gasteiger partial charge < -0.3 is 20.2 Å². The van der Waals surface area contributed by atoms with Gasteiger partial charge in [0.05, 0.1) is 30.2 Å². The molecule has 3 heterocycles. The van der Waals surface area contributed by atoms with Crippen LogP contribution >= 0.6 is 0 Å². The molecule has 1 atom stereocenters. The average Bonchev–Trinajstić information content (AvgIpc) is 2.80. The maximum atomic E-state index is 12.5. The molecule has 1 amide bonds. The highest BCUT2D eigenvalue weighted by atomic mass is 19.2. The van der Waals surface area contributed by atoms with Crippen LogP contribution in [0.15, 0.2) is 41.3 Å². The molecule has 1 aliphatic carbocycles. The van der Waals surface area contributed by atoms with E-state index in [1.54, 1.807) is 12.1 Å². The SMILES string of the molecule is COc1cccc(F)c1F.NC(=O)c1nccc2[nH]c(C3CCC4(CCC4)OC3)cc(=O)c12. The molecular weight excluding hydrogens is 432 g/mol. The van der Waals surface area contributed by atoms with Crippen LogP contribution in [0.1, 0.15) is 54.2 Å². The van der Waals surface area contributed by atoms with E-state index in [4.69, 9.17) is 10.5 Å². The zero-order chi connectivity index (χ0) is 23.6. The number of hydrogen-bond acceptors (Lipinski definition) is 5. The van der Waals surface area contributed by atoms with Gasteiger partial charge in [-0.2, -0.15) is 4.39 Å². The van der Waals surface area contributed by atoms with E-state index in [0.29, 0.717) is 12.1 Å². The topological polar surface area (TPSA) is 107 Å². The van der Waals surface area contributed by atoms with E-state index in [1.807, 2.05) is 0 Å². The van der Waals surface area contributed by atoms with Crippen molar-refractivity contribution < 1.29 is 23.0 Å². The first kappa shape index (κ1) is 22.8. The highest BCUT2D eigenvalue weighted by molar-refractivity contribution is 6.03. The number of nitrogens with one attached hydrogen (secondary N) is 1. The zero-order valence-electron chi connectivity index (χ0n) is 18.2. The van der Waals surface area contributed by atoms with E-state index in [0.717, 1.165) is 37.4 Å². The number of nitrogens with zero attached hydrogens (tertiary/aromatic N) is 1. The predicted octanol–water partition coefficient (Wildman–Crippen LogP) is 3.81. The zero-order valence-corrected chi connectivity index (χ0v) is 18.2. The van der Waals surface area contributed by atoms with Crippen LogP contribution in [0, 0.1) is 11.6 Å². The normalized spacial score (nSPS) is 18.8. The number of fused-ring (bicyclic) bond motifs is 1. The number of rotatable bonds is 3. The van der Waals surface area contributed by atoms with E-state index >= 15 is 0 Å². The van der Waals surface area contributed by atoms with Crippen molar-refractivity contribution in [2.45, 2.75) is 43.6 Å². The summed E-state index contributed by atoms with van der Waals surface area (Å²) < 4.78 is 35.4. The highest BCUT2D eigenvalue weighted by Crippen LogP contribution is 2.45.